The van der Waals surface area contributed by atoms with Gasteiger partial charge in [0, 0.05) is 5.56 Å². The smallest absolute Gasteiger partial charge is 0.240 e. The number of methoxy groups -OCH3 is 2. The van der Waals surface area contributed by atoms with Crippen LogP contribution in [0.5, 0.6) is 11.5 Å². The van der Waals surface area contributed by atoms with Crippen molar-refractivity contribution in [3.63, 3.8) is 0 Å². The normalized spacial score (nSPS) is 10.6. The maximum atomic E-state index is 6.16. The topological polar surface area (TPSA) is 83.4 Å². The van der Waals surface area contributed by atoms with E-state index >= 15 is 0 Å². The number of nitrogens with two attached hydrogens (primary N) is 1. The summed E-state index contributed by atoms with van der Waals surface area (Å²) in [6.45, 7) is 2.02. The number of benzene rings is 1. The Labute approximate surface area is 115 Å². The molecule has 0 aliphatic rings. The van der Waals surface area contributed by atoms with Crippen LogP contribution in [0, 0.1) is 6.92 Å². The van der Waals surface area contributed by atoms with E-state index in [9.17, 15) is 0 Å². The third kappa shape index (κ3) is 2.36. The largest absolute Gasteiger partial charge is 0.496 e. The molecule has 0 aliphatic carbocycles. The van der Waals surface area contributed by atoms with Gasteiger partial charge in [-0.3, -0.25) is 0 Å². The lowest BCUT2D eigenvalue weighted by molar-refractivity contribution is 0.378. The van der Waals surface area contributed by atoms with Gasteiger partial charge in [0.2, 0.25) is 11.7 Å². The minimum atomic E-state index is 0.179. The van der Waals surface area contributed by atoms with Crippen LogP contribution in [0.4, 0.5) is 0 Å². The van der Waals surface area contributed by atoms with Crippen molar-refractivity contribution < 1.29 is 14.0 Å². The predicted octanol–water partition coefficient (Wildman–Crippen LogP) is 2.17. The second kappa shape index (κ2) is 5.46. The maximum absolute atomic E-state index is 6.16. The summed E-state index contributed by atoms with van der Waals surface area (Å²) in [5.41, 5.74) is 6.85. The van der Waals surface area contributed by atoms with Crippen LogP contribution < -0.4 is 15.2 Å². The molecule has 7 heteroatoms. The molecule has 2 aromatic rings. The Morgan fingerprint density at radius 1 is 1.32 bits per heavy atom. The van der Waals surface area contributed by atoms with Crippen molar-refractivity contribution in [3.05, 3.63) is 22.5 Å². The van der Waals surface area contributed by atoms with Gasteiger partial charge in [-0.15, -0.1) is 0 Å². The lowest BCUT2D eigenvalue weighted by atomic mass is 10.1. The van der Waals surface area contributed by atoms with Crippen molar-refractivity contribution in [2.45, 2.75) is 13.5 Å². The molecule has 6 nitrogen and oxygen atoms in total. The molecule has 0 fully saturated rings. The summed E-state index contributed by atoms with van der Waals surface area (Å²) in [6.07, 6.45) is 0. The van der Waals surface area contributed by atoms with E-state index in [1.54, 1.807) is 20.3 Å². The highest BCUT2D eigenvalue weighted by atomic mass is 35.5. The molecule has 2 rings (SSSR count). The number of nitrogens with zero attached hydrogens (tertiary/aromatic N) is 2. The summed E-state index contributed by atoms with van der Waals surface area (Å²) in [5.74, 6) is 1.88. The van der Waals surface area contributed by atoms with Gasteiger partial charge in [-0.2, -0.15) is 4.98 Å². The molecule has 1 aromatic heterocycles. The molecule has 0 unspecified atom stereocenters. The zero-order valence-corrected chi connectivity index (χ0v) is 11.6. The van der Waals surface area contributed by atoms with E-state index in [1.807, 2.05) is 6.92 Å². The molecule has 0 spiro atoms. The third-order valence-electron chi connectivity index (χ3n) is 2.71. The van der Waals surface area contributed by atoms with Crippen LogP contribution in [-0.4, -0.2) is 24.4 Å². The van der Waals surface area contributed by atoms with Gasteiger partial charge < -0.3 is 19.7 Å². The van der Waals surface area contributed by atoms with E-state index in [1.165, 1.54) is 0 Å². The van der Waals surface area contributed by atoms with Crippen LogP contribution in [-0.2, 0) is 6.54 Å². The lowest BCUT2D eigenvalue weighted by Crippen LogP contribution is -1.98. The van der Waals surface area contributed by atoms with Crippen molar-refractivity contribution in [2.75, 3.05) is 14.2 Å². The molecule has 102 valence electrons. The van der Waals surface area contributed by atoms with Gasteiger partial charge in [0.25, 0.3) is 0 Å². The van der Waals surface area contributed by atoms with E-state index in [0.29, 0.717) is 33.8 Å². The van der Waals surface area contributed by atoms with Crippen LogP contribution in [0.2, 0.25) is 5.02 Å². The first-order valence-corrected chi connectivity index (χ1v) is 5.94. The minimum absolute atomic E-state index is 0.179. The summed E-state index contributed by atoms with van der Waals surface area (Å²) in [4.78, 5) is 4.16. The lowest BCUT2D eigenvalue weighted by Gasteiger charge is -2.14. The van der Waals surface area contributed by atoms with Gasteiger partial charge in [0.15, 0.2) is 0 Å². The first-order chi connectivity index (χ1) is 9.12. The van der Waals surface area contributed by atoms with Crippen LogP contribution >= 0.6 is 11.6 Å². The number of ether oxygens (including phenoxy) is 2. The Hall–Kier alpha value is -1.79. The predicted molar refractivity (Wildman–Crippen MR) is 70.5 cm³/mol. The molecule has 0 radical (unpaired) electrons. The summed E-state index contributed by atoms with van der Waals surface area (Å²) >= 11 is 6.16. The molecule has 0 atom stereocenters. The fraction of sp³-hybridized carbons (Fsp3) is 0.333. The van der Waals surface area contributed by atoms with Crippen molar-refractivity contribution in [3.8, 4) is 22.9 Å². The average Bonchev–Trinajstić information content (AvgIpc) is 2.87. The van der Waals surface area contributed by atoms with Crippen LogP contribution in [0.25, 0.3) is 11.4 Å². The van der Waals surface area contributed by atoms with E-state index in [4.69, 9.17) is 31.3 Å². The quantitative estimate of drug-likeness (QED) is 0.926. The van der Waals surface area contributed by atoms with Gasteiger partial charge in [-0.05, 0) is 13.0 Å². The Bertz CT molecular complexity index is 598. The van der Waals surface area contributed by atoms with Gasteiger partial charge in [0.1, 0.15) is 11.5 Å². The SMILES string of the molecule is COc1c(Cl)cc(-c2noc(CN)n2)c(OC)c1C. The molecule has 0 bridgehead atoms. The molecule has 1 heterocycles. The molecule has 2 N–H and O–H groups in total. The number of hydrogen-bond donors (Lipinski definition) is 1. The van der Waals surface area contributed by atoms with E-state index < -0.39 is 0 Å². The highest BCUT2D eigenvalue weighted by Gasteiger charge is 2.20. The molecule has 0 saturated heterocycles. The number of hydrogen-bond acceptors (Lipinski definition) is 6. The fourth-order valence-corrected chi connectivity index (χ4v) is 2.20. The van der Waals surface area contributed by atoms with Gasteiger partial charge in [-0.25, -0.2) is 0 Å². The Morgan fingerprint density at radius 3 is 2.53 bits per heavy atom. The number of rotatable bonds is 4. The third-order valence-corrected chi connectivity index (χ3v) is 2.99. The summed E-state index contributed by atoms with van der Waals surface area (Å²) in [6, 6.07) is 1.68. The standard InChI is InChI=1S/C12H14ClN3O3/c1-6-10(17-2)7(4-8(13)11(6)18-3)12-15-9(5-14)19-16-12/h4H,5,14H2,1-3H3. The highest BCUT2D eigenvalue weighted by Crippen LogP contribution is 2.41. The van der Waals surface area contributed by atoms with E-state index in [2.05, 4.69) is 10.1 Å². The van der Waals surface area contributed by atoms with Crippen molar-refractivity contribution in [2.24, 2.45) is 5.73 Å². The Balaban J connectivity index is 2.62. The fourth-order valence-electron chi connectivity index (χ4n) is 1.87. The zero-order chi connectivity index (χ0) is 14.0. The van der Waals surface area contributed by atoms with Gasteiger partial charge in [-0.1, -0.05) is 16.8 Å². The average molecular weight is 284 g/mol. The van der Waals surface area contributed by atoms with Gasteiger partial charge in [0.05, 0.1) is 31.4 Å². The monoisotopic (exact) mass is 283 g/mol. The molecule has 0 saturated carbocycles. The zero-order valence-electron chi connectivity index (χ0n) is 10.9. The Morgan fingerprint density at radius 2 is 2.00 bits per heavy atom. The van der Waals surface area contributed by atoms with E-state index in [-0.39, 0.29) is 6.54 Å². The molecule has 1 aromatic carbocycles. The summed E-state index contributed by atoms with van der Waals surface area (Å²) in [7, 11) is 3.11. The first kappa shape index (κ1) is 13.6. The number of aromatic nitrogens is 2. The molecule has 19 heavy (non-hydrogen) atoms. The minimum Gasteiger partial charge on any atom is -0.496 e. The van der Waals surface area contributed by atoms with Crippen molar-refractivity contribution in [1.29, 1.82) is 0 Å². The van der Waals surface area contributed by atoms with Crippen LogP contribution in [0.3, 0.4) is 0 Å². The Kier molecular flexibility index (Phi) is 3.92. The molecule has 0 aliphatic heterocycles. The second-order valence-corrected chi connectivity index (χ2v) is 4.22. The molecule has 0 amide bonds. The molecular formula is C12H14ClN3O3. The van der Waals surface area contributed by atoms with Gasteiger partial charge >= 0.3 is 0 Å². The summed E-state index contributed by atoms with van der Waals surface area (Å²) in [5, 5.41) is 4.31. The summed E-state index contributed by atoms with van der Waals surface area (Å²) < 4.78 is 15.6. The van der Waals surface area contributed by atoms with Crippen LogP contribution in [0.1, 0.15) is 11.5 Å². The van der Waals surface area contributed by atoms with E-state index in [0.717, 1.165) is 5.56 Å². The second-order valence-electron chi connectivity index (χ2n) is 3.81. The molecular weight excluding hydrogens is 270 g/mol. The van der Waals surface area contributed by atoms with Crippen molar-refractivity contribution in [1.82, 2.24) is 10.1 Å². The highest BCUT2D eigenvalue weighted by molar-refractivity contribution is 6.32. The van der Waals surface area contributed by atoms with Crippen molar-refractivity contribution >= 4 is 11.6 Å². The first-order valence-electron chi connectivity index (χ1n) is 5.56. The number of halogens is 1. The van der Waals surface area contributed by atoms with Crippen LogP contribution in [0.15, 0.2) is 10.6 Å². The maximum Gasteiger partial charge on any atom is 0.240 e.